The molecule has 8 nitrogen and oxygen atoms in total. The molecule has 0 heterocycles. The molecule has 0 atom stereocenters. The lowest BCUT2D eigenvalue weighted by atomic mass is 10.4. The third-order valence-corrected chi connectivity index (χ3v) is 1.64. The first kappa shape index (κ1) is 21.4. The van der Waals surface area contributed by atoms with Gasteiger partial charge < -0.3 is 19.7 Å². The molecule has 0 aliphatic rings. The molecule has 122 valence electrons. The van der Waals surface area contributed by atoms with E-state index in [9.17, 15) is 19.2 Å². The highest BCUT2D eigenvalue weighted by Crippen LogP contribution is 1.92. The van der Waals surface area contributed by atoms with Crippen molar-refractivity contribution in [2.75, 3.05) is 13.2 Å². The van der Waals surface area contributed by atoms with Crippen molar-refractivity contribution in [3.8, 4) is 0 Å². The Bertz CT molecular complexity index is 475. The Labute approximate surface area is 127 Å². The second-order valence-corrected chi connectivity index (χ2v) is 3.84. The second-order valence-electron chi connectivity index (χ2n) is 3.84. The normalized spacial score (nSPS) is 9.18. The van der Waals surface area contributed by atoms with E-state index in [2.05, 4.69) is 22.6 Å². The number of hydrogen-bond donors (Lipinski definition) is 2. The second kappa shape index (κ2) is 11.9. The SMILES string of the molecule is C=C(C)C(=O)O.C=C(C)C(=O)OCCOC(=O)/C=C\C(=O)O. The maximum Gasteiger partial charge on any atom is 0.333 e. The minimum atomic E-state index is -1.24. The van der Waals surface area contributed by atoms with Gasteiger partial charge in [0.25, 0.3) is 0 Å². The van der Waals surface area contributed by atoms with Crippen molar-refractivity contribution in [3.05, 3.63) is 36.5 Å². The van der Waals surface area contributed by atoms with Crippen LogP contribution < -0.4 is 0 Å². The fraction of sp³-hybridized carbons (Fsp3) is 0.286. The Kier molecular flexibility index (Phi) is 11.6. The van der Waals surface area contributed by atoms with Gasteiger partial charge in [0.15, 0.2) is 0 Å². The minimum absolute atomic E-state index is 0.0989. The van der Waals surface area contributed by atoms with Crippen LogP contribution in [0.15, 0.2) is 36.5 Å². The number of aliphatic carboxylic acids is 2. The molecule has 22 heavy (non-hydrogen) atoms. The number of esters is 2. The van der Waals surface area contributed by atoms with Gasteiger partial charge in [-0.3, -0.25) is 0 Å². The van der Waals surface area contributed by atoms with Crippen LogP contribution in [0.1, 0.15) is 13.8 Å². The Hall–Kier alpha value is -2.90. The van der Waals surface area contributed by atoms with Crippen molar-refractivity contribution < 1.29 is 38.9 Å². The molecule has 0 unspecified atom stereocenters. The molecule has 0 aromatic rings. The van der Waals surface area contributed by atoms with Crippen LogP contribution in [0.2, 0.25) is 0 Å². The van der Waals surface area contributed by atoms with Crippen molar-refractivity contribution in [2.45, 2.75) is 13.8 Å². The van der Waals surface area contributed by atoms with Gasteiger partial charge in [0.2, 0.25) is 0 Å². The molecule has 0 amide bonds. The molecule has 0 aromatic heterocycles. The van der Waals surface area contributed by atoms with Crippen LogP contribution in [-0.4, -0.2) is 47.3 Å². The van der Waals surface area contributed by atoms with Crippen LogP contribution >= 0.6 is 0 Å². The highest BCUT2D eigenvalue weighted by molar-refractivity contribution is 5.90. The van der Waals surface area contributed by atoms with Gasteiger partial charge in [-0.05, 0) is 13.8 Å². The van der Waals surface area contributed by atoms with E-state index >= 15 is 0 Å². The first-order valence-electron chi connectivity index (χ1n) is 5.87. The zero-order valence-corrected chi connectivity index (χ0v) is 12.3. The molecule has 0 aliphatic heterocycles. The molecule has 0 bridgehead atoms. The molecular weight excluding hydrogens is 296 g/mol. The van der Waals surface area contributed by atoms with E-state index in [1.54, 1.807) is 0 Å². The maximum absolute atomic E-state index is 10.8. The summed E-state index contributed by atoms with van der Waals surface area (Å²) in [5.41, 5.74) is 0.423. The zero-order valence-electron chi connectivity index (χ0n) is 12.3. The molecule has 0 radical (unpaired) electrons. The van der Waals surface area contributed by atoms with Crippen molar-refractivity contribution in [3.63, 3.8) is 0 Å². The topological polar surface area (TPSA) is 127 Å². The summed E-state index contributed by atoms with van der Waals surface area (Å²) >= 11 is 0. The summed E-state index contributed by atoms with van der Waals surface area (Å²) in [6.07, 6.45) is 1.42. The number of carbonyl (C=O) groups excluding carboxylic acids is 2. The van der Waals surface area contributed by atoms with Gasteiger partial charge in [-0.25, -0.2) is 19.2 Å². The van der Waals surface area contributed by atoms with Crippen LogP contribution in [0, 0.1) is 0 Å². The van der Waals surface area contributed by atoms with Gasteiger partial charge in [0.1, 0.15) is 13.2 Å². The smallest absolute Gasteiger partial charge is 0.333 e. The largest absolute Gasteiger partial charge is 0.478 e. The fourth-order valence-corrected chi connectivity index (χ4v) is 0.587. The molecule has 0 saturated heterocycles. The summed E-state index contributed by atoms with van der Waals surface area (Å²) in [5, 5.41) is 16.1. The summed E-state index contributed by atoms with van der Waals surface area (Å²) in [7, 11) is 0. The summed E-state index contributed by atoms with van der Waals surface area (Å²) in [6, 6.07) is 0. The fourth-order valence-electron chi connectivity index (χ4n) is 0.587. The van der Waals surface area contributed by atoms with Gasteiger partial charge in [0.05, 0.1) is 0 Å². The maximum atomic E-state index is 10.8. The van der Waals surface area contributed by atoms with Crippen molar-refractivity contribution in [2.24, 2.45) is 0 Å². The third-order valence-electron chi connectivity index (χ3n) is 1.64. The molecule has 0 fully saturated rings. The number of carboxylic acids is 2. The number of ether oxygens (including phenoxy) is 2. The molecule has 2 N–H and O–H groups in total. The Balaban J connectivity index is 0. The first-order chi connectivity index (χ1) is 10.1. The van der Waals surface area contributed by atoms with E-state index in [0.717, 1.165) is 6.08 Å². The number of rotatable bonds is 7. The summed E-state index contributed by atoms with van der Waals surface area (Å²) in [5.74, 6) is -3.56. The van der Waals surface area contributed by atoms with E-state index in [1.165, 1.54) is 13.8 Å². The van der Waals surface area contributed by atoms with Crippen LogP contribution in [0.5, 0.6) is 0 Å². The van der Waals surface area contributed by atoms with Gasteiger partial charge in [0, 0.05) is 23.3 Å². The van der Waals surface area contributed by atoms with Crippen LogP contribution in [0.25, 0.3) is 0 Å². The highest BCUT2D eigenvalue weighted by atomic mass is 16.6. The number of carboxylic acid groups (broad SMARTS) is 2. The van der Waals surface area contributed by atoms with Gasteiger partial charge >= 0.3 is 23.9 Å². The van der Waals surface area contributed by atoms with Crippen molar-refractivity contribution in [1.29, 1.82) is 0 Å². The molecular formula is C14H18O8. The van der Waals surface area contributed by atoms with Crippen LogP contribution in [-0.2, 0) is 28.7 Å². The lowest BCUT2D eigenvalue weighted by molar-refractivity contribution is -0.146. The summed E-state index contributed by atoms with van der Waals surface area (Å²) < 4.78 is 9.15. The Morgan fingerprint density at radius 2 is 1.36 bits per heavy atom. The molecule has 8 heteroatoms. The first-order valence-corrected chi connectivity index (χ1v) is 5.87. The van der Waals surface area contributed by atoms with E-state index < -0.39 is 23.9 Å². The van der Waals surface area contributed by atoms with E-state index in [1.807, 2.05) is 0 Å². The molecule has 0 saturated carbocycles. The van der Waals surface area contributed by atoms with E-state index in [0.29, 0.717) is 6.08 Å². The Morgan fingerprint density at radius 3 is 1.73 bits per heavy atom. The lowest BCUT2D eigenvalue weighted by Crippen LogP contribution is -2.13. The average molecular weight is 314 g/mol. The molecule has 0 aliphatic carbocycles. The van der Waals surface area contributed by atoms with Gasteiger partial charge in [-0.2, -0.15) is 0 Å². The van der Waals surface area contributed by atoms with Gasteiger partial charge in [-0.15, -0.1) is 0 Å². The highest BCUT2D eigenvalue weighted by Gasteiger charge is 2.03. The monoisotopic (exact) mass is 314 g/mol. The predicted molar refractivity (Wildman–Crippen MR) is 76.0 cm³/mol. The van der Waals surface area contributed by atoms with Crippen LogP contribution in [0.4, 0.5) is 0 Å². The van der Waals surface area contributed by atoms with E-state index in [-0.39, 0.29) is 24.4 Å². The molecule has 0 aromatic carbocycles. The lowest BCUT2D eigenvalue weighted by Gasteiger charge is -2.03. The predicted octanol–water partition coefficient (Wildman–Crippen LogP) is 0.937. The molecule has 0 rings (SSSR count). The van der Waals surface area contributed by atoms with Crippen molar-refractivity contribution >= 4 is 23.9 Å². The standard InChI is InChI=1S/C10H12O6.C4H6O2/c1-7(2)10(14)16-6-5-15-9(13)4-3-8(11)12;1-3(2)4(5)6/h3-4H,1,5-6H2,2H3,(H,11,12);1H2,2H3,(H,5,6)/b4-3-;. The average Bonchev–Trinajstić information content (AvgIpc) is 2.41. The summed E-state index contributed by atoms with van der Waals surface area (Å²) in [6.45, 7) is 9.21. The van der Waals surface area contributed by atoms with Gasteiger partial charge in [-0.1, -0.05) is 13.2 Å². The third kappa shape index (κ3) is 15.2. The number of carbonyl (C=O) groups is 4. The Morgan fingerprint density at radius 1 is 0.909 bits per heavy atom. The molecule has 0 spiro atoms. The minimum Gasteiger partial charge on any atom is -0.478 e. The number of hydrogen-bond acceptors (Lipinski definition) is 6. The van der Waals surface area contributed by atoms with E-state index in [4.69, 9.17) is 10.2 Å². The van der Waals surface area contributed by atoms with Crippen molar-refractivity contribution in [1.82, 2.24) is 0 Å². The zero-order chi connectivity index (χ0) is 17.7. The quantitative estimate of drug-likeness (QED) is 0.403. The summed E-state index contributed by atoms with van der Waals surface area (Å²) in [4.78, 5) is 41.3. The van der Waals surface area contributed by atoms with Crippen LogP contribution in [0.3, 0.4) is 0 Å².